The number of aryl methyl sites for hydroxylation is 1. The highest BCUT2D eigenvalue weighted by atomic mass is 19.1. The first-order chi connectivity index (χ1) is 17.4. The Kier molecular flexibility index (Phi) is 6.13. The maximum atomic E-state index is 14.5. The Morgan fingerprint density at radius 2 is 1.56 bits per heavy atom. The zero-order valence-electron chi connectivity index (χ0n) is 19.9. The molecular formula is C27H24F2N4O3. The van der Waals surface area contributed by atoms with Crippen LogP contribution in [0.25, 0.3) is 16.6 Å². The molecule has 0 aliphatic carbocycles. The van der Waals surface area contributed by atoms with E-state index in [1.54, 1.807) is 31.2 Å². The van der Waals surface area contributed by atoms with Crippen LogP contribution in [0.1, 0.15) is 15.9 Å². The fourth-order valence-corrected chi connectivity index (χ4v) is 4.40. The van der Waals surface area contributed by atoms with Crippen LogP contribution in [0, 0.1) is 18.6 Å². The summed E-state index contributed by atoms with van der Waals surface area (Å²) in [6.45, 7) is 3.94. The van der Waals surface area contributed by atoms with Crippen LogP contribution in [0.15, 0.2) is 65.5 Å². The van der Waals surface area contributed by atoms with E-state index in [1.807, 2.05) is 4.90 Å². The molecule has 0 radical (unpaired) electrons. The van der Waals surface area contributed by atoms with Crippen LogP contribution in [-0.4, -0.2) is 48.8 Å². The van der Waals surface area contributed by atoms with Crippen LogP contribution in [0.2, 0.25) is 0 Å². The van der Waals surface area contributed by atoms with Crippen molar-refractivity contribution in [3.8, 4) is 5.69 Å². The molecule has 4 aromatic rings. The number of fused-ring (bicyclic) bond motifs is 1. The number of ether oxygens (including phenoxy) is 1. The number of rotatable bonds is 4. The Hall–Kier alpha value is -4.27. The van der Waals surface area contributed by atoms with Gasteiger partial charge in [-0.25, -0.2) is 23.1 Å². The van der Waals surface area contributed by atoms with Crippen LogP contribution in [0.4, 0.5) is 20.4 Å². The maximum absolute atomic E-state index is 14.5. The molecule has 0 saturated carbocycles. The summed E-state index contributed by atoms with van der Waals surface area (Å²) in [5, 5.41) is 0.303. The molecule has 1 saturated heterocycles. The Labute approximate surface area is 206 Å². The molecule has 0 spiro atoms. The summed E-state index contributed by atoms with van der Waals surface area (Å²) < 4.78 is 34.1. The number of aromatic nitrogens is 2. The first-order valence-corrected chi connectivity index (χ1v) is 11.5. The molecule has 1 aliphatic rings. The summed E-state index contributed by atoms with van der Waals surface area (Å²) >= 11 is 0. The van der Waals surface area contributed by atoms with Crippen molar-refractivity contribution in [3.05, 3.63) is 93.8 Å². The van der Waals surface area contributed by atoms with Crippen LogP contribution in [0.3, 0.4) is 0 Å². The van der Waals surface area contributed by atoms with Gasteiger partial charge in [-0.1, -0.05) is 6.07 Å². The first-order valence-electron chi connectivity index (χ1n) is 11.5. The molecule has 7 nitrogen and oxygen atoms in total. The van der Waals surface area contributed by atoms with Gasteiger partial charge in [0, 0.05) is 31.9 Å². The third-order valence-corrected chi connectivity index (χ3v) is 6.44. The number of anilines is 2. The van der Waals surface area contributed by atoms with Crippen molar-refractivity contribution in [1.29, 1.82) is 0 Å². The lowest BCUT2D eigenvalue weighted by atomic mass is 10.1. The van der Waals surface area contributed by atoms with Gasteiger partial charge in [0.2, 0.25) is 5.95 Å². The van der Waals surface area contributed by atoms with Gasteiger partial charge >= 0.3 is 5.97 Å². The van der Waals surface area contributed by atoms with Crippen LogP contribution >= 0.6 is 0 Å². The minimum absolute atomic E-state index is 0.281. The second-order valence-electron chi connectivity index (χ2n) is 8.66. The van der Waals surface area contributed by atoms with Crippen molar-refractivity contribution < 1.29 is 18.3 Å². The summed E-state index contributed by atoms with van der Waals surface area (Å²) in [4.78, 5) is 34.6. The van der Waals surface area contributed by atoms with Crippen molar-refractivity contribution in [2.75, 3.05) is 43.1 Å². The third-order valence-electron chi connectivity index (χ3n) is 6.44. The predicted octanol–water partition coefficient (Wildman–Crippen LogP) is 4.09. The highest BCUT2D eigenvalue weighted by molar-refractivity contribution is 5.94. The fourth-order valence-electron chi connectivity index (χ4n) is 4.40. The summed E-state index contributed by atoms with van der Waals surface area (Å²) in [7, 11) is 1.29. The van der Waals surface area contributed by atoms with E-state index in [0.29, 0.717) is 54.3 Å². The number of benzene rings is 3. The number of carbonyl (C=O) groups excluding carboxylic acids is 1. The molecule has 0 N–H and O–H groups in total. The number of halogens is 2. The van der Waals surface area contributed by atoms with E-state index in [2.05, 4.69) is 4.90 Å². The molecular weight excluding hydrogens is 466 g/mol. The molecule has 184 valence electrons. The van der Waals surface area contributed by atoms with E-state index in [0.717, 1.165) is 5.69 Å². The van der Waals surface area contributed by atoms with Crippen LogP contribution in [0.5, 0.6) is 0 Å². The largest absolute Gasteiger partial charge is 0.465 e. The SMILES string of the molecule is COC(=O)c1ccc2c(=O)n(-c3ccc(C)c(F)c3)c(N3CCN(c4ccc(F)cc4)CC3)nc2c1. The van der Waals surface area contributed by atoms with Gasteiger partial charge in [-0.15, -0.1) is 0 Å². The lowest BCUT2D eigenvalue weighted by Gasteiger charge is -2.37. The van der Waals surface area contributed by atoms with Gasteiger partial charge in [-0.05, 0) is 67.1 Å². The van der Waals surface area contributed by atoms with Gasteiger partial charge in [-0.3, -0.25) is 4.79 Å². The van der Waals surface area contributed by atoms with Crippen LogP contribution in [-0.2, 0) is 4.74 Å². The molecule has 1 aliphatic heterocycles. The molecule has 36 heavy (non-hydrogen) atoms. The molecule has 1 aromatic heterocycles. The van der Waals surface area contributed by atoms with Gasteiger partial charge in [0.25, 0.3) is 5.56 Å². The molecule has 0 atom stereocenters. The van der Waals surface area contributed by atoms with Crippen molar-refractivity contribution in [2.24, 2.45) is 0 Å². The molecule has 5 rings (SSSR count). The standard InChI is InChI=1S/C27H24F2N4O3/c1-17-3-7-21(16-23(17)29)33-25(34)22-10-4-18(26(35)36-2)15-24(22)30-27(33)32-13-11-31(12-14-32)20-8-5-19(28)6-9-20/h3-10,15-16H,11-14H2,1-2H3. The number of hydrogen-bond donors (Lipinski definition) is 0. The number of carbonyl (C=O) groups is 1. The van der Waals surface area contributed by atoms with Crippen molar-refractivity contribution in [2.45, 2.75) is 6.92 Å². The second-order valence-corrected chi connectivity index (χ2v) is 8.66. The summed E-state index contributed by atoms with van der Waals surface area (Å²) in [6.07, 6.45) is 0. The smallest absolute Gasteiger partial charge is 0.337 e. The number of methoxy groups -OCH3 is 1. The quantitative estimate of drug-likeness (QED) is 0.402. The van der Waals surface area contributed by atoms with Crippen molar-refractivity contribution in [3.63, 3.8) is 0 Å². The molecule has 0 bridgehead atoms. The molecule has 9 heteroatoms. The summed E-state index contributed by atoms with van der Waals surface area (Å²) in [5.41, 5.74) is 2.01. The van der Waals surface area contributed by atoms with Gasteiger partial charge < -0.3 is 14.5 Å². The van der Waals surface area contributed by atoms with E-state index >= 15 is 0 Å². The number of nitrogens with zero attached hydrogens (tertiary/aromatic N) is 4. The van der Waals surface area contributed by atoms with Gasteiger partial charge in [0.1, 0.15) is 11.6 Å². The van der Waals surface area contributed by atoms with E-state index in [4.69, 9.17) is 9.72 Å². The van der Waals surface area contributed by atoms with Crippen LogP contribution < -0.4 is 15.4 Å². The first kappa shape index (κ1) is 23.5. The van der Waals surface area contributed by atoms with E-state index in [1.165, 1.54) is 48.1 Å². The highest BCUT2D eigenvalue weighted by Crippen LogP contribution is 2.24. The molecule has 1 fully saturated rings. The second kappa shape index (κ2) is 9.41. The number of hydrogen-bond acceptors (Lipinski definition) is 6. The van der Waals surface area contributed by atoms with Gasteiger partial charge in [0.05, 0.1) is 29.3 Å². The Bertz CT molecular complexity index is 1510. The topological polar surface area (TPSA) is 67.7 Å². The Morgan fingerprint density at radius 3 is 2.22 bits per heavy atom. The highest BCUT2D eigenvalue weighted by Gasteiger charge is 2.24. The number of piperazine rings is 1. The molecule has 2 heterocycles. The normalized spacial score (nSPS) is 13.8. The zero-order chi connectivity index (χ0) is 25.4. The molecule has 0 unspecified atom stereocenters. The van der Waals surface area contributed by atoms with Crippen molar-refractivity contribution in [1.82, 2.24) is 9.55 Å². The van der Waals surface area contributed by atoms with E-state index < -0.39 is 11.8 Å². The lowest BCUT2D eigenvalue weighted by Crippen LogP contribution is -2.48. The van der Waals surface area contributed by atoms with E-state index in [-0.39, 0.29) is 16.9 Å². The van der Waals surface area contributed by atoms with Crippen molar-refractivity contribution >= 4 is 28.5 Å². The van der Waals surface area contributed by atoms with Gasteiger partial charge in [-0.2, -0.15) is 0 Å². The maximum Gasteiger partial charge on any atom is 0.337 e. The Balaban J connectivity index is 1.59. The monoisotopic (exact) mass is 490 g/mol. The summed E-state index contributed by atoms with van der Waals surface area (Å²) in [5.74, 6) is -0.888. The van der Waals surface area contributed by atoms with E-state index in [9.17, 15) is 18.4 Å². The minimum atomic E-state index is -0.530. The minimum Gasteiger partial charge on any atom is -0.465 e. The summed E-state index contributed by atoms with van der Waals surface area (Å²) in [6, 6.07) is 15.5. The average Bonchev–Trinajstić information content (AvgIpc) is 2.90. The Morgan fingerprint density at radius 1 is 0.889 bits per heavy atom. The van der Waals surface area contributed by atoms with Gasteiger partial charge in [0.15, 0.2) is 0 Å². The molecule has 3 aromatic carbocycles. The third kappa shape index (κ3) is 4.28. The lowest BCUT2D eigenvalue weighted by molar-refractivity contribution is 0.0601. The molecule has 0 amide bonds. The number of esters is 1. The zero-order valence-corrected chi connectivity index (χ0v) is 19.9. The average molecular weight is 491 g/mol. The predicted molar refractivity (Wildman–Crippen MR) is 134 cm³/mol. The fraction of sp³-hybridized carbons (Fsp3) is 0.222.